The number of hydrogen-bond donors (Lipinski definition) is 4. The summed E-state index contributed by atoms with van der Waals surface area (Å²) < 4.78 is 7.54. The van der Waals surface area contributed by atoms with Gasteiger partial charge in [0.25, 0.3) is 0 Å². The first kappa shape index (κ1) is 29.5. The molecule has 0 unspecified atom stereocenters. The number of aryl methyl sites for hydroxylation is 1. The number of aromatic carboxylic acids is 1. The molecule has 1 heterocycles. The lowest BCUT2D eigenvalue weighted by Crippen LogP contribution is -2.40. The molecule has 0 amide bonds. The highest BCUT2D eigenvalue weighted by molar-refractivity contribution is 6.41. The number of carboxylic acid groups (broad SMARTS) is 1. The van der Waals surface area contributed by atoms with Crippen molar-refractivity contribution in [3.63, 3.8) is 0 Å². The van der Waals surface area contributed by atoms with E-state index >= 15 is 0 Å². The van der Waals surface area contributed by atoms with Crippen molar-refractivity contribution in [3.05, 3.63) is 103 Å². The molecule has 2 fully saturated rings. The van der Waals surface area contributed by atoms with Crippen LogP contribution in [0.4, 0.5) is 0 Å². The summed E-state index contributed by atoms with van der Waals surface area (Å²) in [5, 5.41) is 46.1. The number of aromatic nitrogens is 2. The second-order valence-electron chi connectivity index (χ2n) is 11.2. The molecule has 2 saturated carbocycles. The van der Waals surface area contributed by atoms with Crippen molar-refractivity contribution in [1.29, 1.82) is 5.41 Å². The maximum absolute atomic E-state index is 11.5. The predicted molar refractivity (Wildman–Crippen MR) is 166 cm³/mol. The molecule has 11 heteroatoms. The molecule has 4 N–H and O–H groups in total. The van der Waals surface area contributed by atoms with Crippen LogP contribution in [0.15, 0.2) is 65.9 Å². The number of fused-ring (bicyclic) bond motifs is 1. The lowest BCUT2D eigenvalue weighted by molar-refractivity contribution is -0.0549. The molecule has 0 aliphatic heterocycles. The molecule has 6 rings (SSSR count). The standard InChI is InChI=1S/C32H28Cl3N3O5/c1-38-26-11-17(7-9-20(26)29(37-38)31(40)41)18-13-32(42,14-18)22-10-8-19(12-25(22)35)43-15-21(30(39)16-5-6-16)28(36)27-23(33)3-2-4-24(27)34/h2-4,7-12,16,18,36,39,42H,5-6,13-15H2,1H3,(H,40,41)/b30-21-,36-28?. The molecule has 3 aromatic carbocycles. The fourth-order valence-corrected chi connectivity index (χ4v) is 6.71. The van der Waals surface area contributed by atoms with Gasteiger partial charge in [-0.2, -0.15) is 5.10 Å². The van der Waals surface area contributed by atoms with Crippen LogP contribution in [0.2, 0.25) is 15.1 Å². The van der Waals surface area contributed by atoms with Gasteiger partial charge in [-0.3, -0.25) is 10.1 Å². The minimum Gasteiger partial charge on any atom is -0.512 e. The fraction of sp³-hybridized carbons (Fsp3) is 0.281. The summed E-state index contributed by atoms with van der Waals surface area (Å²) in [5.74, 6) is -0.519. The number of rotatable bonds is 9. The molecule has 2 aliphatic rings. The molecule has 8 nitrogen and oxygen atoms in total. The number of hydrogen-bond acceptors (Lipinski definition) is 6. The Kier molecular flexibility index (Phi) is 7.67. The summed E-state index contributed by atoms with van der Waals surface area (Å²) in [7, 11) is 1.71. The minimum atomic E-state index is -1.13. The number of allylic oxidation sites excluding steroid dienone is 1. The Labute approximate surface area is 262 Å². The van der Waals surface area contributed by atoms with E-state index in [9.17, 15) is 20.1 Å². The summed E-state index contributed by atoms with van der Waals surface area (Å²) >= 11 is 19.3. The maximum atomic E-state index is 11.5. The monoisotopic (exact) mass is 639 g/mol. The zero-order valence-electron chi connectivity index (χ0n) is 23.1. The normalized spacial score (nSPS) is 20.4. The fourth-order valence-electron chi connectivity index (χ4n) is 5.78. The van der Waals surface area contributed by atoms with E-state index in [4.69, 9.17) is 44.9 Å². The first-order valence-electron chi connectivity index (χ1n) is 13.8. The molecule has 0 atom stereocenters. The number of carbonyl (C=O) groups is 1. The van der Waals surface area contributed by atoms with Gasteiger partial charge in [0.15, 0.2) is 5.69 Å². The minimum absolute atomic E-state index is 0.000957. The van der Waals surface area contributed by atoms with E-state index < -0.39 is 11.6 Å². The van der Waals surface area contributed by atoms with E-state index in [1.807, 2.05) is 12.1 Å². The van der Waals surface area contributed by atoms with Gasteiger partial charge in [-0.1, -0.05) is 59.1 Å². The smallest absolute Gasteiger partial charge is 0.357 e. The Morgan fingerprint density at radius 2 is 1.74 bits per heavy atom. The average molecular weight is 641 g/mol. The molecule has 43 heavy (non-hydrogen) atoms. The molecule has 0 radical (unpaired) electrons. The van der Waals surface area contributed by atoms with Crippen LogP contribution in [0.3, 0.4) is 0 Å². The van der Waals surface area contributed by atoms with Gasteiger partial charge in [-0.25, -0.2) is 4.79 Å². The number of halogens is 3. The van der Waals surface area contributed by atoms with E-state index in [-0.39, 0.29) is 35.6 Å². The van der Waals surface area contributed by atoms with Crippen LogP contribution in [0, 0.1) is 11.3 Å². The first-order chi connectivity index (χ1) is 20.5. The van der Waals surface area contributed by atoms with Gasteiger partial charge in [0.05, 0.1) is 37.5 Å². The third-order valence-electron chi connectivity index (χ3n) is 8.33. The highest BCUT2D eigenvalue weighted by Gasteiger charge is 2.46. The molecule has 4 aromatic rings. The molecule has 0 bridgehead atoms. The van der Waals surface area contributed by atoms with Gasteiger partial charge in [-0.15, -0.1) is 0 Å². The highest BCUT2D eigenvalue weighted by atomic mass is 35.5. The Bertz CT molecular complexity index is 1800. The van der Waals surface area contributed by atoms with Crippen molar-refractivity contribution in [1.82, 2.24) is 9.78 Å². The van der Waals surface area contributed by atoms with E-state index in [1.165, 1.54) is 0 Å². The maximum Gasteiger partial charge on any atom is 0.357 e. The molecular formula is C32H28Cl3N3O5. The number of aliphatic hydroxyl groups is 2. The number of nitrogens with one attached hydrogen (secondary N) is 1. The van der Waals surface area contributed by atoms with E-state index in [2.05, 4.69) is 5.10 Å². The van der Waals surface area contributed by atoms with Crippen molar-refractivity contribution in [2.45, 2.75) is 37.2 Å². The predicted octanol–water partition coefficient (Wildman–Crippen LogP) is 7.67. The molecule has 2 aliphatic carbocycles. The second kappa shape index (κ2) is 11.2. The summed E-state index contributed by atoms with van der Waals surface area (Å²) in [6.07, 6.45) is 2.55. The van der Waals surface area contributed by atoms with Crippen LogP contribution in [0.1, 0.15) is 58.8 Å². The first-order valence-corrected chi connectivity index (χ1v) is 14.9. The van der Waals surface area contributed by atoms with Gasteiger partial charge >= 0.3 is 5.97 Å². The van der Waals surface area contributed by atoms with Crippen molar-refractivity contribution in [2.75, 3.05) is 6.61 Å². The SMILES string of the molecule is Cn1nc(C(=O)O)c2ccc(C3CC(O)(c4ccc(OC/C(C(=N)c5c(Cl)cccc5Cl)=C(/O)C5CC5)cc4Cl)C3)cc21. The molecule has 222 valence electrons. The molecule has 0 spiro atoms. The van der Waals surface area contributed by atoms with Gasteiger partial charge in [0.2, 0.25) is 0 Å². The summed E-state index contributed by atoms with van der Waals surface area (Å²) in [6.45, 7) is -0.0924. The summed E-state index contributed by atoms with van der Waals surface area (Å²) in [5.41, 5.74) is 1.81. The Morgan fingerprint density at radius 3 is 2.37 bits per heavy atom. The Morgan fingerprint density at radius 1 is 1.05 bits per heavy atom. The van der Waals surface area contributed by atoms with Crippen LogP contribution in [-0.2, 0) is 12.6 Å². The average Bonchev–Trinajstić information content (AvgIpc) is 3.74. The lowest BCUT2D eigenvalue weighted by Gasteiger charge is -2.44. The molecular weight excluding hydrogens is 613 g/mol. The Balaban J connectivity index is 1.17. The second-order valence-corrected chi connectivity index (χ2v) is 12.5. The third-order valence-corrected chi connectivity index (χ3v) is 9.27. The van der Waals surface area contributed by atoms with Crippen molar-refractivity contribution in [3.8, 4) is 5.75 Å². The van der Waals surface area contributed by atoms with Crippen molar-refractivity contribution in [2.24, 2.45) is 13.0 Å². The molecule has 1 aromatic heterocycles. The molecule has 0 saturated heterocycles. The summed E-state index contributed by atoms with van der Waals surface area (Å²) in [4.78, 5) is 11.5. The van der Waals surface area contributed by atoms with Gasteiger partial charge in [0, 0.05) is 29.5 Å². The number of benzene rings is 3. The van der Waals surface area contributed by atoms with Crippen LogP contribution in [0.25, 0.3) is 10.9 Å². The van der Waals surface area contributed by atoms with Gasteiger partial charge in [0.1, 0.15) is 18.1 Å². The van der Waals surface area contributed by atoms with E-state index in [0.717, 1.165) is 23.9 Å². The zero-order chi connectivity index (χ0) is 30.6. The van der Waals surface area contributed by atoms with E-state index in [1.54, 1.807) is 54.2 Å². The van der Waals surface area contributed by atoms with Gasteiger partial charge in [-0.05, 0) is 67.5 Å². The Hall–Kier alpha value is -3.56. The van der Waals surface area contributed by atoms with Gasteiger partial charge < -0.3 is 20.1 Å². The number of carboxylic acids is 1. The zero-order valence-corrected chi connectivity index (χ0v) is 25.3. The van der Waals surface area contributed by atoms with Crippen LogP contribution in [-0.4, -0.2) is 43.4 Å². The van der Waals surface area contributed by atoms with Crippen molar-refractivity contribution >= 4 is 57.4 Å². The topological polar surface area (TPSA) is 129 Å². The lowest BCUT2D eigenvalue weighted by atomic mass is 9.65. The summed E-state index contributed by atoms with van der Waals surface area (Å²) in [6, 6.07) is 15.6. The number of aliphatic hydroxyl groups excluding tert-OH is 1. The van der Waals surface area contributed by atoms with Crippen LogP contribution >= 0.6 is 34.8 Å². The third kappa shape index (κ3) is 5.49. The number of nitrogens with zero attached hydrogens (tertiary/aromatic N) is 2. The van der Waals surface area contributed by atoms with E-state index in [0.29, 0.717) is 55.7 Å². The largest absolute Gasteiger partial charge is 0.512 e. The number of ether oxygens (including phenoxy) is 1. The quantitative estimate of drug-likeness (QED) is 0.110. The van der Waals surface area contributed by atoms with Crippen LogP contribution in [0.5, 0.6) is 5.75 Å². The van der Waals surface area contributed by atoms with Crippen molar-refractivity contribution < 1.29 is 24.9 Å². The van der Waals surface area contributed by atoms with Crippen LogP contribution < -0.4 is 4.74 Å². The highest BCUT2D eigenvalue weighted by Crippen LogP contribution is 2.53.